The van der Waals surface area contributed by atoms with Gasteiger partial charge in [0.05, 0.1) is 4.92 Å². The van der Waals surface area contributed by atoms with Gasteiger partial charge < -0.3 is 4.90 Å². The fraction of sp³-hybridized carbons (Fsp3) is 0.364. The molecule has 0 aliphatic carbocycles. The molecule has 0 aromatic heterocycles. The summed E-state index contributed by atoms with van der Waals surface area (Å²) in [4.78, 5) is 23.2. The van der Waals surface area contributed by atoms with Crippen LogP contribution in [0.3, 0.4) is 0 Å². The van der Waals surface area contributed by atoms with Crippen molar-refractivity contribution < 1.29 is 9.72 Å². The lowest BCUT2D eigenvalue weighted by molar-refractivity contribution is -0.384. The Balaban J connectivity index is 2.82. The van der Waals surface area contributed by atoms with Crippen LogP contribution in [-0.4, -0.2) is 28.7 Å². The van der Waals surface area contributed by atoms with Crippen LogP contribution >= 0.6 is 23.2 Å². The van der Waals surface area contributed by atoms with Crippen molar-refractivity contribution >= 4 is 34.8 Å². The first kappa shape index (κ1) is 14.7. The lowest BCUT2D eigenvalue weighted by Gasteiger charge is -2.16. The third-order valence-electron chi connectivity index (χ3n) is 2.36. The van der Waals surface area contributed by atoms with Crippen LogP contribution in [0.1, 0.15) is 12.0 Å². The first-order valence-electron chi connectivity index (χ1n) is 5.18. The fourth-order valence-corrected chi connectivity index (χ4v) is 1.78. The van der Waals surface area contributed by atoms with E-state index in [0.29, 0.717) is 5.56 Å². The molecule has 1 amide bonds. The average Bonchev–Trinajstić information content (AvgIpc) is 2.31. The summed E-state index contributed by atoms with van der Waals surface area (Å²) < 4.78 is 0. The third-order valence-corrected chi connectivity index (χ3v) is 2.87. The number of carbonyl (C=O) groups is 1. The van der Waals surface area contributed by atoms with E-state index in [4.69, 9.17) is 23.2 Å². The Morgan fingerprint density at radius 2 is 2.17 bits per heavy atom. The van der Waals surface area contributed by atoms with Crippen molar-refractivity contribution in [2.24, 2.45) is 0 Å². The molecule has 1 aromatic rings. The fourth-order valence-electron chi connectivity index (χ4n) is 1.43. The summed E-state index contributed by atoms with van der Waals surface area (Å²) in [5.41, 5.74) is 0.490. The summed E-state index contributed by atoms with van der Waals surface area (Å²) in [7, 11) is 1.62. The van der Waals surface area contributed by atoms with Gasteiger partial charge in [0.15, 0.2) is 0 Å². The van der Waals surface area contributed by atoms with E-state index >= 15 is 0 Å². The number of alkyl halides is 1. The van der Waals surface area contributed by atoms with Crippen molar-refractivity contribution in [3.05, 3.63) is 38.9 Å². The zero-order chi connectivity index (χ0) is 13.7. The second kappa shape index (κ2) is 6.56. The van der Waals surface area contributed by atoms with Crippen molar-refractivity contribution in [1.29, 1.82) is 0 Å². The predicted molar refractivity (Wildman–Crippen MR) is 69.9 cm³/mol. The van der Waals surface area contributed by atoms with Crippen molar-refractivity contribution in [2.45, 2.75) is 13.0 Å². The number of nitro benzene ring substituents is 1. The minimum Gasteiger partial charge on any atom is -0.341 e. The molecule has 0 fully saturated rings. The van der Waals surface area contributed by atoms with E-state index in [2.05, 4.69) is 0 Å². The number of nitrogens with zero attached hydrogens (tertiary/aromatic N) is 2. The summed E-state index contributed by atoms with van der Waals surface area (Å²) in [5.74, 6) is 0.145. The zero-order valence-corrected chi connectivity index (χ0v) is 11.2. The smallest absolute Gasteiger partial charge is 0.288 e. The second-order valence-electron chi connectivity index (χ2n) is 3.73. The minimum absolute atomic E-state index is 0.0819. The van der Waals surface area contributed by atoms with Gasteiger partial charge in [-0.1, -0.05) is 17.7 Å². The molecule has 98 valence electrons. The van der Waals surface area contributed by atoms with E-state index in [0.717, 1.165) is 0 Å². The number of hydrogen-bond acceptors (Lipinski definition) is 3. The highest BCUT2D eigenvalue weighted by molar-refractivity contribution is 6.32. The lowest BCUT2D eigenvalue weighted by Crippen LogP contribution is -2.26. The standard InChI is InChI=1S/C11H12Cl2N2O3/c1-14(11(16)4-5-12)7-8-2-3-9(13)10(6-8)15(17)18/h2-3,6H,4-5,7H2,1H3. The Bertz CT molecular complexity index is 466. The van der Waals surface area contributed by atoms with Crippen LogP contribution in [-0.2, 0) is 11.3 Å². The monoisotopic (exact) mass is 290 g/mol. The van der Waals surface area contributed by atoms with E-state index in [1.807, 2.05) is 0 Å². The molecule has 0 N–H and O–H groups in total. The largest absolute Gasteiger partial charge is 0.341 e. The number of benzene rings is 1. The Kier molecular flexibility index (Phi) is 5.37. The molecule has 0 unspecified atom stereocenters. The van der Waals surface area contributed by atoms with E-state index in [1.165, 1.54) is 17.0 Å². The van der Waals surface area contributed by atoms with Gasteiger partial charge in [0.2, 0.25) is 5.91 Å². The summed E-state index contributed by atoms with van der Waals surface area (Å²) in [6.07, 6.45) is 0.244. The number of rotatable bonds is 5. The van der Waals surface area contributed by atoms with Crippen LogP contribution in [0.2, 0.25) is 5.02 Å². The van der Waals surface area contributed by atoms with Crippen LogP contribution in [0, 0.1) is 10.1 Å². The zero-order valence-electron chi connectivity index (χ0n) is 9.73. The van der Waals surface area contributed by atoms with Gasteiger partial charge in [0, 0.05) is 32.0 Å². The SMILES string of the molecule is CN(Cc1ccc(Cl)c([N+](=O)[O-])c1)C(=O)CCCl. The van der Waals surface area contributed by atoms with Crippen LogP contribution in [0.25, 0.3) is 0 Å². The van der Waals surface area contributed by atoms with Crippen molar-refractivity contribution in [3.63, 3.8) is 0 Å². The summed E-state index contributed by atoms with van der Waals surface area (Å²) >= 11 is 11.2. The highest BCUT2D eigenvalue weighted by Crippen LogP contribution is 2.25. The Hall–Kier alpha value is -1.33. The molecular formula is C11H12Cl2N2O3. The molecule has 0 bridgehead atoms. The lowest BCUT2D eigenvalue weighted by atomic mass is 10.2. The predicted octanol–water partition coefficient (Wildman–Crippen LogP) is 2.84. The molecule has 1 rings (SSSR count). The van der Waals surface area contributed by atoms with E-state index in [9.17, 15) is 14.9 Å². The molecule has 0 spiro atoms. The van der Waals surface area contributed by atoms with Gasteiger partial charge >= 0.3 is 0 Å². The third kappa shape index (κ3) is 3.85. The number of carbonyl (C=O) groups excluding carboxylic acids is 1. The first-order chi connectivity index (χ1) is 8.45. The molecule has 0 aliphatic rings. The van der Waals surface area contributed by atoms with Crippen molar-refractivity contribution in [3.8, 4) is 0 Å². The van der Waals surface area contributed by atoms with E-state index < -0.39 is 4.92 Å². The maximum atomic E-state index is 11.5. The van der Waals surface area contributed by atoms with Gasteiger partial charge in [0.1, 0.15) is 5.02 Å². The van der Waals surface area contributed by atoms with Crippen LogP contribution in [0.4, 0.5) is 5.69 Å². The number of nitro groups is 1. The molecule has 7 heteroatoms. The van der Waals surface area contributed by atoms with Gasteiger partial charge in [0.25, 0.3) is 5.69 Å². The number of hydrogen-bond donors (Lipinski definition) is 0. The maximum Gasteiger partial charge on any atom is 0.288 e. The molecule has 0 atom stereocenters. The van der Waals surface area contributed by atoms with E-state index in [1.54, 1.807) is 13.1 Å². The second-order valence-corrected chi connectivity index (χ2v) is 4.52. The van der Waals surface area contributed by atoms with E-state index in [-0.39, 0.29) is 35.5 Å². The summed E-state index contributed by atoms with van der Waals surface area (Å²) in [6, 6.07) is 4.47. The normalized spacial score (nSPS) is 10.2. The maximum absolute atomic E-state index is 11.5. The highest BCUT2D eigenvalue weighted by atomic mass is 35.5. The van der Waals surface area contributed by atoms with Gasteiger partial charge in [-0.2, -0.15) is 0 Å². The van der Waals surface area contributed by atoms with Gasteiger partial charge in [-0.3, -0.25) is 14.9 Å². The van der Waals surface area contributed by atoms with Crippen molar-refractivity contribution in [1.82, 2.24) is 4.90 Å². The molecule has 0 saturated heterocycles. The molecule has 5 nitrogen and oxygen atoms in total. The van der Waals surface area contributed by atoms with Gasteiger partial charge in [-0.05, 0) is 11.6 Å². The molecule has 0 saturated carbocycles. The van der Waals surface area contributed by atoms with Gasteiger partial charge in [-0.25, -0.2) is 0 Å². The molecular weight excluding hydrogens is 279 g/mol. The minimum atomic E-state index is -0.549. The first-order valence-corrected chi connectivity index (χ1v) is 6.09. The topological polar surface area (TPSA) is 63.4 Å². The van der Waals surface area contributed by atoms with Crippen LogP contribution < -0.4 is 0 Å². The van der Waals surface area contributed by atoms with Crippen LogP contribution in [0.5, 0.6) is 0 Å². The quantitative estimate of drug-likeness (QED) is 0.476. The Labute approximate surface area is 114 Å². The Morgan fingerprint density at radius 1 is 1.50 bits per heavy atom. The Morgan fingerprint density at radius 3 is 2.72 bits per heavy atom. The molecule has 1 aromatic carbocycles. The summed E-state index contributed by atoms with van der Waals surface area (Å²) in [6.45, 7) is 0.285. The average molecular weight is 291 g/mol. The van der Waals surface area contributed by atoms with Crippen molar-refractivity contribution in [2.75, 3.05) is 12.9 Å². The molecule has 0 aliphatic heterocycles. The highest BCUT2D eigenvalue weighted by Gasteiger charge is 2.14. The summed E-state index contributed by atoms with van der Waals surface area (Å²) in [5, 5.41) is 10.8. The number of halogens is 2. The molecule has 0 radical (unpaired) electrons. The molecule has 18 heavy (non-hydrogen) atoms. The van der Waals surface area contributed by atoms with Crippen LogP contribution in [0.15, 0.2) is 18.2 Å². The number of amides is 1. The van der Waals surface area contributed by atoms with Gasteiger partial charge in [-0.15, -0.1) is 11.6 Å². The molecule has 0 heterocycles.